The van der Waals surface area contributed by atoms with Crippen molar-refractivity contribution in [2.45, 2.75) is 142 Å². The van der Waals surface area contributed by atoms with Crippen molar-refractivity contribution in [1.29, 1.82) is 0 Å². The monoisotopic (exact) mass is 694 g/mol. The number of unbranched alkanes of at least 4 members (excludes halogenated alkanes) is 2. The summed E-state index contributed by atoms with van der Waals surface area (Å²) in [6.45, 7) is 43.9. The lowest BCUT2D eigenvalue weighted by Gasteiger charge is -2.22. The van der Waals surface area contributed by atoms with E-state index in [1.165, 1.54) is 42.9 Å². The number of nitrogens with zero attached hydrogens (tertiary/aromatic N) is 1. The predicted molar refractivity (Wildman–Crippen MR) is 228 cm³/mol. The number of pyridine rings is 1. The standard InChI is InChI=1S/C17H27N.C10H13FN2.C9H14.2C4H10.C2H6/c1-14(11-16-9-7-6-8-10-16)13-18-15(2)12-17(3,4)5;1-6(12-4)9-5-10(11)8(3)13-7(9)2;1-5-9(4)7-6-8(2)3;2*1-3-4-2;1-2/h6-10,14,18H,2,11-13H2,1,3-5H3;5,12H,1H2,2-4H3;5-7H,2H2,1,3-4H3;2*3-4H2,1-2H3;1-2H3/b;;7-6-,9-5-;;;. The minimum absolute atomic E-state index is 0.294. The zero-order chi connectivity index (χ0) is 39.7. The maximum absolute atomic E-state index is 13.1. The van der Waals surface area contributed by atoms with E-state index in [0.29, 0.717) is 22.7 Å². The number of nitrogens with one attached hydrogen (secondary N) is 2. The Bertz CT molecular complexity index is 1190. The van der Waals surface area contributed by atoms with Crippen molar-refractivity contribution in [2.75, 3.05) is 13.6 Å². The smallest absolute Gasteiger partial charge is 0.145 e. The number of hydrogen-bond donors (Lipinski definition) is 2. The number of aromatic nitrogens is 1. The second-order valence-corrected chi connectivity index (χ2v) is 13.6. The van der Waals surface area contributed by atoms with Crippen molar-refractivity contribution in [3.05, 3.63) is 120 Å². The van der Waals surface area contributed by atoms with Crippen LogP contribution in [0.5, 0.6) is 0 Å². The molecule has 2 N–H and O–H groups in total. The normalized spacial score (nSPS) is 10.9. The van der Waals surface area contributed by atoms with Crippen LogP contribution in [0.3, 0.4) is 0 Å². The summed E-state index contributed by atoms with van der Waals surface area (Å²) in [5, 5.41) is 6.33. The number of halogens is 1. The van der Waals surface area contributed by atoms with Gasteiger partial charge >= 0.3 is 0 Å². The molecule has 0 bridgehead atoms. The fourth-order valence-electron chi connectivity index (χ4n) is 3.62. The van der Waals surface area contributed by atoms with Crippen LogP contribution in [0, 0.1) is 31.0 Å². The lowest BCUT2D eigenvalue weighted by Crippen LogP contribution is -2.24. The number of rotatable bonds is 12. The summed E-state index contributed by atoms with van der Waals surface area (Å²) >= 11 is 0. The van der Waals surface area contributed by atoms with Gasteiger partial charge in [0.2, 0.25) is 0 Å². The largest absolute Gasteiger partial charge is 0.389 e. The van der Waals surface area contributed by atoms with Gasteiger partial charge in [-0.1, -0.05) is 174 Å². The zero-order valence-electron chi connectivity index (χ0n) is 35.7. The first-order valence-corrected chi connectivity index (χ1v) is 18.8. The highest BCUT2D eigenvalue weighted by atomic mass is 19.1. The van der Waals surface area contributed by atoms with E-state index in [1.807, 2.05) is 40.7 Å². The van der Waals surface area contributed by atoms with E-state index in [-0.39, 0.29) is 5.82 Å². The minimum Gasteiger partial charge on any atom is -0.389 e. The summed E-state index contributed by atoms with van der Waals surface area (Å²) in [7, 11) is 1.75. The van der Waals surface area contributed by atoms with E-state index in [1.54, 1.807) is 14.0 Å². The molecule has 1 aromatic carbocycles. The molecule has 0 aliphatic rings. The Labute approximate surface area is 311 Å². The van der Waals surface area contributed by atoms with Crippen LogP contribution in [-0.4, -0.2) is 18.6 Å². The van der Waals surface area contributed by atoms with Crippen LogP contribution < -0.4 is 10.6 Å². The Morgan fingerprint density at radius 2 is 1.38 bits per heavy atom. The van der Waals surface area contributed by atoms with Crippen molar-refractivity contribution in [2.24, 2.45) is 11.3 Å². The van der Waals surface area contributed by atoms with Gasteiger partial charge in [0.25, 0.3) is 0 Å². The Morgan fingerprint density at radius 1 is 0.880 bits per heavy atom. The Morgan fingerprint density at radius 3 is 1.78 bits per heavy atom. The zero-order valence-corrected chi connectivity index (χ0v) is 35.7. The fraction of sp³-hybridized carbons (Fsp3) is 0.543. The number of aryl methyl sites for hydroxylation is 2. The van der Waals surface area contributed by atoms with E-state index in [4.69, 9.17) is 0 Å². The molecule has 4 heteroatoms. The molecule has 3 nitrogen and oxygen atoms in total. The summed E-state index contributed by atoms with van der Waals surface area (Å²) in [5.41, 5.74) is 7.87. The van der Waals surface area contributed by atoms with E-state index >= 15 is 0 Å². The third kappa shape index (κ3) is 34.5. The first-order valence-electron chi connectivity index (χ1n) is 18.8. The van der Waals surface area contributed by atoms with Gasteiger partial charge < -0.3 is 10.6 Å². The van der Waals surface area contributed by atoms with Crippen molar-refractivity contribution in [1.82, 2.24) is 15.6 Å². The van der Waals surface area contributed by atoms with Crippen LogP contribution in [0.1, 0.15) is 145 Å². The van der Waals surface area contributed by atoms with Gasteiger partial charge in [-0.2, -0.15) is 0 Å². The molecule has 1 atom stereocenters. The van der Waals surface area contributed by atoms with E-state index in [2.05, 4.69) is 140 Å². The van der Waals surface area contributed by atoms with E-state index in [0.717, 1.165) is 41.9 Å². The highest BCUT2D eigenvalue weighted by Crippen LogP contribution is 2.22. The Hall–Kier alpha value is -3.40. The van der Waals surface area contributed by atoms with Crippen LogP contribution in [0.2, 0.25) is 0 Å². The maximum atomic E-state index is 13.1. The average molecular weight is 694 g/mol. The lowest BCUT2D eigenvalue weighted by molar-refractivity contribution is 0.393. The molecule has 2 aromatic rings. The summed E-state index contributed by atoms with van der Waals surface area (Å²) in [5.74, 6) is 0.334. The highest BCUT2D eigenvalue weighted by molar-refractivity contribution is 5.63. The molecule has 2 rings (SSSR count). The summed E-state index contributed by atoms with van der Waals surface area (Å²) < 4.78 is 13.1. The lowest BCUT2D eigenvalue weighted by atomic mass is 9.90. The second-order valence-electron chi connectivity index (χ2n) is 13.6. The van der Waals surface area contributed by atoms with Crippen molar-refractivity contribution in [3.63, 3.8) is 0 Å². The molecule has 0 fully saturated rings. The molecular weight excluding hydrogens is 614 g/mol. The summed E-state index contributed by atoms with van der Waals surface area (Å²) in [6, 6.07) is 12.1. The molecule has 0 aliphatic carbocycles. The topological polar surface area (TPSA) is 37.0 Å². The third-order valence-corrected chi connectivity index (χ3v) is 6.93. The van der Waals surface area contributed by atoms with E-state index < -0.39 is 0 Å². The van der Waals surface area contributed by atoms with Crippen LogP contribution in [-0.2, 0) is 6.42 Å². The number of allylic oxidation sites excluding steroid dienone is 6. The molecule has 0 saturated carbocycles. The molecule has 1 aromatic heterocycles. The predicted octanol–water partition coefficient (Wildman–Crippen LogP) is 14.2. The van der Waals surface area contributed by atoms with Gasteiger partial charge in [-0.3, -0.25) is 4.98 Å². The van der Waals surface area contributed by atoms with Crippen LogP contribution in [0.15, 0.2) is 91.2 Å². The molecule has 0 aliphatic heterocycles. The van der Waals surface area contributed by atoms with Gasteiger partial charge in [-0.15, -0.1) is 0 Å². The molecule has 0 radical (unpaired) electrons. The van der Waals surface area contributed by atoms with Gasteiger partial charge in [-0.25, -0.2) is 4.39 Å². The Kier molecular flexibility index (Phi) is 36.4. The summed E-state index contributed by atoms with van der Waals surface area (Å²) in [6.07, 6.45) is 13.6. The van der Waals surface area contributed by atoms with E-state index in [9.17, 15) is 4.39 Å². The van der Waals surface area contributed by atoms with Gasteiger partial charge in [-0.05, 0) is 70.4 Å². The van der Waals surface area contributed by atoms with Gasteiger partial charge in [0.15, 0.2) is 0 Å². The van der Waals surface area contributed by atoms with Gasteiger partial charge in [0.05, 0.1) is 5.69 Å². The first-order chi connectivity index (χ1) is 23.4. The molecular formula is C46H80FN3. The SMILES string of the molecule is C=C(C)/C=C\C(C)=C/C.C=C(CC(C)(C)C)NCC(C)Cc1ccccc1.C=C(NC)c1cc(F)c(C)nc1C.CC.CCCC.CCCC. The van der Waals surface area contributed by atoms with Crippen LogP contribution in [0.4, 0.5) is 4.39 Å². The summed E-state index contributed by atoms with van der Waals surface area (Å²) in [4.78, 5) is 4.07. The molecule has 286 valence electrons. The highest BCUT2D eigenvalue weighted by Gasteiger charge is 2.12. The molecule has 0 spiro atoms. The molecule has 1 unspecified atom stereocenters. The average Bonchev–Trinajstić information content (AvgIpc) is 3.08. The maximum Gasteiger partial charge on any atom is 0.145 e. The minimum atomic E-state index is -0.294. The van der Waals surface area contributed by atoms with Crippen molar-refractivity contribution >= 4 is 5.70 Å². The molecule has 1 heterocycles. The Balaban J connectivity index is -0.000000290. The van der Waals surface area contributed by atoms with Gasteiger partial charge in [0, 0.05) is 36.2 Å². The van der Waals surface area contributed by atoms with Gasteiger partial charge in [0.1, 0.15) is 5.82 Å². The third-order valence-electron chi connectivity index (χ3n) is 6.93. The molecule has 50 heavy (non-hydrogen) atoms. The first kappa shape index (κ1) is 53.4. The molecule has 0 amide bonds. The van der Waals surface area contributed by atoms with Crippen LogP contribution >= 0.6 is 0 Å². The molecule has 0 saturated heterocycles. The van der Waals surface area contributed by atoms with Crippen molar-refractivity contribution < 1.29 is 4.39 Å². The second kappa shape index (κ2) is 34.1. The van der Waals surface area contributed by atoms with Crippen LogP contribution in [0.25, 0.3) is 5.70 Å². The fourth-order valence-corrected chi connectivity index (χ4v) is 3.62. The number of benzene rings is 1. The van der Waals surface area contributed by atoms with Crippen molar-refractivity contribution in [3.8, 4) is 0 Å². The quantitative estimate of drug-likeness (QED) is 0.217. The number of hydrogen-bond acceptors (Lipinski definition) is 3.